The number of aromatic amines is 1. The van der Waals surface area contributed by atoms with Crippen LogP contribution in [-0.2, 0) is 9.63 Å². The topological polar surface area (TPSA) is 102 Å². The second kappa shape index (κ2) is 7.46. The number of fused-ring (bicyclic) bond motifs is 4. The fraction of sp³-hybridized carbons (Fsp3) is 0.261. The summed E-state index contributed by atoms with van der Waals surface area (Å²) in [4.78, 5) is 27.8. The van der Waals surface area contributed by atoms with Crippen molar-refractivity contribution in [2.75, 3.05) is 19.7 Å². The number of aromatic nitrogens is 1. The average Bonchev–Trinajstić information content (AvgIpc) is 3.55. The summed E-state index contributed by atoms with van der Waals surface area (Å²) in [5, 5.41) is 19.2. The van der Waals surface area contributed by atoms with Crippen LogP contribution in [0.2, 0.25) is 0 Å². The van der Waals surface area contributed by atoms with E-state index in [0.717, 1.165) is 46.1 Å². The third-order valence-electron chi connectivity index (χ3n) is 6.31. The highest BCUT2D eigenvalue weighted by Crippen LogP contribution is 2.36. The van der Waals surface area contributed by atoms with Crippen molar-refractivity contribution in [3.8, 4) is 5.88 Å². The minimum atomic E-state index is -0.131. The monoisotopic (exact) mass is 493 g/mol. The van der Waals surface area contributed by atoms with E-state index >= 15 is 0 Å². The first kappa shape index (κ1) is 19.5. The molecule has 3 aliphatic heterocycles. The Morgan fingerprint density at radius 1 is 1.31 bits per heavy atom. The van der Waals surface area contributed by atoms with Crippen LogP contribution in [0.4, 0.5) is 5.69 Å². The molecule has 2 fully saturated rings. The number of piperazine rings is 1. The normalized spacial score (nSPS) is 22.6. The molecule has 3 N–H and O–H groups in total. The number of aliphatic imine (C=N–C) groups is 1. The number of aromatic hydroxyl groups is 1. The molecule has 32 heavy (non-hydrogen) atoms. The van der Waals surface area contributed by atoms with Crippen molar-refractivity contribution < 1.29 is 14.7 Å². The van der Waals surface area contributed by atoms with Gasteiger partial charge in [-0.1, -0.05) is 39.3 Å². The van der Waals surface area contributed by atoms with Crippen molar-refractivity contribution >= 4 is 49.9 Å². The Morgan fingerprint density at radius 3 is 3.00 bits per heavy atom. The van der Waals surface area contributed by atoms with Gasteiger partial charge in [0.15, 0.2) is 12.5 Å². The predicted molar refractivity (Wildman–Crippen MR) is 125 cm³/mol. The molecule has 3 aromatic rings. The third-order valence-corrected chi connectivity index (χ3v) is 6.81. The molecule has 162 valence electrons. The quantitative estimate of drug-likeness (QED) is 0.486. The van der Waals surface area contributed by atoms with Crippen LogP contribution in [0.25, 0.3) is 10.9 Å². The van der Waals surface area contributed by atoms with Crippen molar-refractivity contribution in [3.63, 3.8) is 0 Å². The van der Waals surface area contributed by atoms with Crippen LogP contribution in [0, 0.1) is 0 Å². The third kappa shape index (κ3) is 3.11. The highest BCUT2D eigenvalue weighted by atomic mass is 79.9. The fourth-order valence-electron chi connectivity index (χ4n) is 4.83. The zero-order valence-electron chi connectivity index (χ0n) is 17.0. The van der Waals surface area contributed by atoms with Crippen molar-refractivity contribution in [1.82, 2.24) is 15.2 Å². The number of carbonyl (C=O) groups is 1. The second-order valence-corrected chi connectivity index (χ2v) is 9.19. The average molecular weight is 494 g/mol. The van der Waals surface area contributed by atoms with Crippen LogP contribution >= 0.6 is 15.9 Å². The molecule has 0 radical (unpaired) electrons. The maximum Gasteiger partial charge on any atom is 0.263 e. The SMILES string of the molecule is O=C(CON=C1C(c2c(O)[nH]c3ccc(Br)cc23)=Nc2ccccc21)N1C[C@H]2C[C@@H]1CN2. The molecule has 8 nitrogen and oxygen atoms in total. The van der Waals surface area contributed by atoms with Gasteiger partial charge in [0.1, 0.15) is 11.4 Å². The van der Waals surface area contributed by atoms with E-state index in [1.54, 1.807) is 0 Å². The number of halogens is 1. The van der Waals surface area contributed by atoms with Gasteiger partial charge in [-0.3, -0.25) is 4.79 Å². The highest BCUT2D eigenvalue weighted by molar-refractivity contribution is 9.10. The van der Waals surface area contributed by atoms with Gasteiger partial charge in [0.25, 0.3) is 5.91 Å². The molecule has 0 aliphatic carbocycles. The number of hydrogen-bond donors (Lipinski definition) is 3. The fourth-order valence-corrected chi connectivity index (χ4v) is 5.19. The smallest absolute Gasteiger partial charge is 0.263 e. The van der Waals surface area contributed by atoms with E-state index in [9.17, 15) is 9.90 Å². The number of nitrogens with one attached hydrogen (secondary N) is 2. The van der Waals surface area contributed by atoms with Gasteiger partial charge in [0, 0.05) is 46.1 Å². The number of benzene rings is 2. The van der Waals surface area contributed by atoms with Crippen LogP contribution in [0.1, 0.15) is 17.5 Å². The van der Waals surface area contributed by atoms with Gasteiger partial charge >= 0.3 is 0 Å². The molecule has 2 bridgehead atoms. The molecule has 0 spiro atoms. The number of likely N-dealkylation sites (tertiary alicyclic amines) is 1. The first-order valence-corrected chi connectivity index (χ1v) is 11.3. The Kier molecular flexibility index (Phi) is 4.55. The molecule has 2 saturated heterocycles. The Labute approximate surface area is 192 Å². The molecule has 4 heterocycles. The van der Waals surface area contributed by atoms with E-state index in [0.29, 0.717) is 23.0 Å². The summed E-state index contributed by atoms with van der Waals surface area (Å²) in [6, 6.07) is 13.9. The maximum atomic E-state index is 12.7. The summed E-state index contributed by atoms with van der Waals surface area (Å²) in [5.41, 5.74) is 3.87. The summed E-state index contributed by atoms with van der Waals surface area (Å²) in [6.07, 6.45) is 1.000. The molecule has 2 atom stereocenters. The molecule has 0 unspecified atom stereocenters. The largest absolute Gasteiger partial charge is 0.494 e. The Balaban J connectivity index is 1.33. The number of rotatable bonds is 4. The maximum absolute atomic E-state index is 12.7. The van der Waals surface area contributed by atoms with Crippen LogP contribution in [0.15, 0.2) is 57.1 Å². The first-order chi connectivity index (χ1) is 15.6. The van der Waals surface area contributed by atoms with Gasteiger partial charge in [0.2, 0.25) is 0 Å². The lowest BCUT2D eigenvalue weighted by Crippen LogP contribution is -2.47. The molecular weight excluding hydrogens is 474 g/mol. The lowest BCUT2D eigenvalue weighted by Gasteiger charge is -2.26. The van der Waals surface area contributed by atoms with E-state index in [4.69, 9.17) is 9.83 Å². The highest BCUT2D eigenvalue weighted by Gasteiger charge is 2.40. The Morgan fingerprint density at radius 2 is 2.19 bits per heavy atom. The van der Waals surface area contributed by atoms with E-state index in [-0.39, 0.29) is 24.4 Å². The van der Waals surface area contributed by atoms with E-state index in [1.807, 2.05) is 47.4 Å². The van der Waals surface area contributed by atoms with Crippen LogP contribution in [-0.4, -0.2) is 64.1 Å². The number of para-hydroxylation sites is 1. The Hall–Kier alpha value is -3.17. The molecule has 9 heteroatoms. The lowest BCUT2D eigenvalue weighted by atomic mass is 10.0. The van der Waals surface area contributed by atoms with Crippen molar-refractivity contribution in [3.05, 3.63) is 58.1 Å². The summed E-state index contributed by atoms with van der Waals surface area (Å²) < 4.78 is 0.885. The summed E-state index contributed by atoms with van der Waals surface area (Å²) in [5.74, 6) is -0.0546. The summed E-state index contributed by atoms with van der Waals surface area (Å²) >= 11 is 3.49. The number of amides is 1. The molecule has 1 amide bonds. The molecule has 3 aliphatic rings. The van der Waals surface area contributed by atoms with Gasteiger partial charge in [-0.25, -0.2) is 4.99 Å². The number of H-pyrrole nitrogens is 1. The molecular formula is C23H20BrN5O3. The lowest BCUT2D eigenvalue weighted by molar-refractivity contribution is -0.137. The zero-order chi connectivity index (χ0) is 21.8. The van der Waals surface area contributed by atoms with Gasteiger partial charge in [0.05, 0.1) is 11.3 Å². The summed E-state index contributed by atoms with van der Waals surface area (Å²) in [7, 11) is 0. The standard InChI is InChI=1S/C23H20BrN5O3/c24-12-5-6-18-16(7-12)20(23(31)27-18)22-21(15-3-1-2-4-17(15)26-22)28-32-11-19(30)29-10-13-8-14(29)9-25-13/h1-7,13-14,25,27,31H,8-11H2/t13-,14-/m1/s1. The van der Waals surface area contributed by atoms with Crippen LogP contribution in [0.5, 0.6) is 5.88 Å². The van der Waals surface area contributed by atoms with Crippen LogP contribution in [0.3, 0.4) is 0 Å². The minimum absolute atomic E-state index is 0.00836. The molecule has 6 rings (SSSR count). The molecule has 0 saturated carbocycles. The van der Waals surface area contributed by atoms with E-state index in [2.05, 4.69) is 31.4 Å². The predicted octanol–water partition coefficient (Wildman–Crippen LogP) is 3.06. The van der Waals surface area contributed by atoms with Crippen LogP contribution < -0.4 is 5.32 Å². The van der Waals surface area contributed by atoms with Gasteiger partial charge < -0.3 is 25.1 Å². The van der Waals surface area contributed by atoms with E-state index in [1.165, 1.54) is 0 Å². The van der Waals surface area contributed by atoms with Crippen molar-refractivity contribution in [1.29, 1.82) is 0 Å². The van der Waals surface area contributed by atoms with E-state index < -0.39 is 0 Å². The molecule has 2 aromatic carbocycles. The summed E-state index contributed by atoms with van der Waals surface area (Å²) in [6.45, 7) is 1.43. The first-order valence-electron chi connectivity index (χ1n) is 10.5. The van der Waals surface area contributed by atoms with Crippen molar-refractivity contribution in [2.24, 2.45) is 10.1 Å². The minimum Gasteiger partial charge on any atom is -0.494 e. The molecule has 1 aromatic heterocycles. The van der Waals surface area contributed by atoms with Gasteiger partial charge in [-0.05, 0) is 30.7 Å². The van der Waals surface area contributed by atoms with Crippen molar-refractivity contribution in [2.45, 2.75) is 18.5 Å². The zero-order valence-corrected chi connectivity index (χ0v) is 18.6. The number of hydrogen-bond acceptors (Lipinski definition) is 6. The van der Waals surface area contributed by atoms with Gasteiger partial charge in [-0.15, -0.1) is 0 Å². The van der Waals surface area contributed by atoms with Gasteiger partial charge in [-0.2, -0.15) is 0 Å². The number of carbonyl (C=O) groups excluding carboxylic acids is 1. The number of oxime groups is 1. The number of nitrogens with zero attached hydrogens (tertiary/aromatic N) is 3. The second-order valence-electron chi connectivity index (χ2n) is 8.27. The Bertz CT molecular complexity index is 1310.